The molecule has 0 radical (unpaired) electrons. The maximum absolute atomic E-state index is 13.4. The number of aliphatic hydroxyl groups is 1. The highest BCUT2D eigenvalue weighted by Gasteiger charge is 2.35. The number of pyridine rings is 1. The van der Waals surface area contributed by atoms with E-state index in [9.17, 15) is 27.9 Å². The third kappa shape index (κ3) is 5.63. The van der Waals surface area contributed by atoms with Crippen molar-refractivity contribution in [3.63, 3.8) is 0 Å². The molecular weight excluding hydrogens is 575 g/mol. The maximum Gasteiger partial charge on any atom is 0.417 e. The van der Waals surface area contributed by atoms with Gasteiger partial charge < -0.3 is 20.3 Å². The smallest absolute Gasteiger partial charge is 0.392 e. The first-order valence-electron chi connectivity index (χ1n) is 11.3. The Labute approximate surface area is 223 Å². The van der Waals surface area contributed by atoms with Crippen molar-refractivity contribution in [2.45, 2.75) is 45.1 Å². The van der Waals surface area contributed by atoms with Crippen LogP contribution in [0, 0.1) is 4.77 Å². The number of nitrogens with zero attached hydrogens (tertiary/aromatic N) is 3. The molecule has 0 spiro atoms. The predicted molar refractivity (Wildman–Crippen MR) is 137 cm³/mol. The van der Waals surface area contributed by atoms with Crippen LogP contribution >= 0.6 is 28.1 Å². The van der Waals surface area contributed by atoms with Crippen molar-refractivity contribution < 1.29 is 23.1 Å². The van der Waals surface area contributed by atoms with Gasteiger partial charge in [-0.15, -0.1) is 0 Å². The first-order chi connectivity index (χ1) is 17.4. The highest BCUT2D eigenvalue weighted by Crippen LogP contribution is 2.36. The van der Waals surface area contributed by atoms with Gasteiger partial charge in [0.25, 0.3) is 11.5 Å². The average Bonchev–Trinajstić information content (AvgIpc) is 2.83. The van der Waals surface area contributed by atoms with Crippen molar-refractivity contribution in [1.29, 1.82) is 0 Å². The van der Waals surface area contributed by atoms with E-state index >= 15 is 0 Å². The minimum atomic E-state index is -4.62. The molecule has 0 saturated heterocycles. The lowest BCUT2D eigenvalue weighted by atomic mass is 9.98. The second-order valence-electron chi connectivity index (χ2n) is 8.84. The van der Waals surface area contributed by atoms with Crippen molar-refractivity contribution in [2.24, 2.45) is 0 Å². The fourth-order valence-electron chi connectivity index (χ4n) is 4.12. The van der Waals surface area contributed by atoms with Gasteiger partial charge in [-0.2, -0.15) is 13.2 Å². The molecule has 2 aromatic heterocycles. The summed E-state index contributed by atoms with van der Waals surface area (Å²) in [5.74, 6) is -0.0564. The van der Waals surface area contributed by atoms with Gasteiger partial charge in [-0.3, -0.25) is 14.2 Å². The molecule has 1 aliphatic heterocycles. The third-order valence-corrected chi connectivity index (χ3v) is 6.99. The fraction of sp³-hybridized carbons (Fsp3) is 0.333. The molecule has 13 heteroatoms. The van der Waals surface area contributed by atoms with E-state index in [0.29, 0.717) is 29.3 Å². The van der Waals surface area contributed by atoms with Crippen LogP contribution in [0.25, 0.3) is 5.69 Å². The van der Waals surface area contributed by atoms with E-state index in [1.54, 1.807) is 26.0 Å². The topological polar surface area (TPSA) is 103 Å². The molecule has 3 heterocycles. The normalized spacial score (nSPS) is 16.3. The number of aliphatic hydroxyl groups excluding tert-OH is 1. The number of benzene rings is 1. The van der Waals surface area contributed by atoms with Crippen LogP contribution in [0.15, 0.2) is 45.8 Å². The molecule has 2 atom stereocenters. The Morgan fingerprint density at radius 1 is 1.35 bits per heavy atom. The van der Waals surface area contributed by atoms with E-state index in [1.165, 1.54) is 27.8 Å². The number of amides is 1. The number of fused-ring (bicyclic) bond motifs is 1. The number of anilines is 1. The van der Waals surface area contributed by atoms with Gasteiger partial charge in [0, 0.05) is 33.9 Å². The molecule has 1 aromatic carbocycles. The number of aromatic nitrogens is 3. The number of rotatable bonds is 5. The van der Waals surface area contributed by atoms with Gasteiger partial charge in [-0.1, -0.05) is 15.9 Å². The number of hydrogen-bond donors (Lipinski definition) is 3. The summed E-state index contributed by atoms with van der Waals surface area (Å²) in [6, 6.07) is 6.23. The Morgan fingerprint density at radius 3 is 2.70 bits per heavy atom. The molecule has 0 aliphatic carbocycles. The van der Waals surface area contributed by atoms with Crippen LogP contribution in [-0.4, -0.2) is 49.1 Å². The summed E-state index contributed by atoms with van der Waals surface area (Å²) >= 11 is 8.31. The zero-order chi connectivity index (χ0) is 27.1. The molecule has 4 rings (SSSR count). The van der Waals surface area contributed by atoms with Crippen LogP contribution in [0.1, 0.15) is 41.0 Å². The number of aromatic amines is 1. The Bertz CT molecular complexity index is 1450. The highest BCUT2D eigenvalue weighted by molar-refractivity contribution is 9.10. The molecule has 3 aromatic rings. The Kier molecular flexibility index (Phi) is 7.58. The van der Waals surface area contributed by atoms with E-state index in [4.69, 9.17) is 12.2 Å². The van der Waals surface area contributed by atoms with Crippen LogP contribution in [0.5, 0.6) is 0 Å². The molecule has 1 amide bonds. The molecule has 0 fully saturated rings. The predicted octanol–water partition coefficient (Wildman–Crippen LogP) is 4.45. The minimum Gasteiger partial charge on any atom is -0.392 e. The maximum atomic E-state index is 13.4. The minimum absolute atomic E-state index is 0.00702. The van der Waals surface area contributed by atoms with Crippen molar-refractivity contribution in [3.05, 3.63) is 78.5 Å². The third-order valence-electron chi connectivity index (χ3n) is 6.01. The summed E-state index contributed by atoms with van der Waals surface area (Å²) in [7, 11) is 0. The summed E-state index contributed by atoms with van der Waals surface area (Å²) in [6.45, 7) is 3.69. The summed E-state index contributed by atoms with van der Waals surface area (Å²) < 4.78 is 41.3. The molecule has 0 saturated carbocycles. The van der Waals surface area contributed by atoms with Gasteiger partial charge in [-0.25, -0.2) is 4.98 Å². The molecular formula is C24H23BrF3N5O3S. The summed E-state index contributed by atoms with van der Waals surface area (Å²) in [4.78, 5) is 35.3. The summed E-state index contributed by atoms with van der Waals surface area (Å²) in [5, 5.41) is 12.4. The van der Waals surface area contributed by atoms with E-state index in [-0.39, 0.29) is 33.3 Å². The van der Waals surface area contributed by atoms with Crippen LogP contribution in [-0.2, 0) is 19.1 Å². The molecule has 196 valence electrons. The van der Waals surface area contributed by atoms with Crippen molar-refractivity contribution >= 4 is 39.9 Å². The number of hydrogen-bond acceptors (Lipinski definition) is 6. The fourth-order valence-corrected chi connectivity index (χ4v) is 4.90. The van der Waals surface area contributed by atoms with Crippen molar-refractivity contribution in [2.75, 3.05) is 11.9 Å². The van der Waals surface area contributed by atoms with Gasteiger partial charge >= 0.3 is 6.18 Å². The Morgan fingerprint density at radius 2 is 2.08 bits per heavy atom. The van der Waals surface area contributed by atoms with Crippen LogP contribution < -0.4 is 10.9 Å². The number of carbonyl (C=O) groups excluding carboxylic acids is 1. The standard InChI is InChI=1S/C24H23BrF3N5O3S/c1-12-7-16-19(11-32(12)21(35)14-3-5-18(25)17(8-14)24(26,27)28)31-23(37)33(22(16)36)15-4-6-20(30-10-15)29-9-13(2)34/h3-6,8,10,12-13,34H,7,9,11H2,1-2H3,(H,29,30)(H,31,37)/t12-,13-/m1/s1. The first-order valence-corrected chi connectivity index (χ1v) is 12.5. The number of halogens is 4. The van der Waals surface area contributed by atoms with Gasteiger partial charge in [0.05, 0.1) is 30.1 Å². The SMILES string of the molecule is C[C@@H]1Cc2c([nH]c(=S)n(-c3ccc(NC[C@@H](C)O)nc3)c2=O)CN1C(=O)c1ccc(Br)c(C(F)(F)F)c1. The first kappa shape index (κ1) is 27.0. The van der Waals surface area contributed by atoms with Gasteiger partial charge in [0.2, 0.25) is 0 Å². The van der Waals surface area contributed by atoms with Crippen LogP contribution in [0.2, 0.25) is 0 Å². The largest absolute Gasteiger partial charge is 0.417 e. The molecule has 0 bridgehead atoms. The van der Waals surface area contributed by atoms with Crippen LogP contribution in [0.4, 0.5) is 19.0 Å². The number of alkyl halides is 3. The van der Waals surface area contributed by atoms with Crippen molar-refractivity contribution in [3.8, 4) is 5.69 Å². The van der Waals surface area contributed by atoms with Crippen LogP contribution in [0.3, 0.4) is 0 Å². The number of H-pyrrole nitrogens is 1. The molecule has 37 heavy (non-hydrogen) atoms. The highest BCUT2D eigenvalue weighted by atomic mass is 79.9. The quantitative estimate of drug-likeness (QED) is 0.375. The Hall–Kier alpha value is -3.03. The van der Waals surface area contributed by atoms with E-state index in [2.05, 4.69) is 31.2 Å². The molecule has 1 aliphatic rings. The monoisotopic (exact) mass is 597 g/mol. The van der Waals surface area contributed by atoms with Crippen molar-refractivity contribution in [1.82, 2.24) is 19.4 Å². The Balaban J connectivity index is 1.64. The molecule has 0 unspecified atom stereocenters. The average molecular weight is 598 g/mol. The second-order valence-corrected chi connectivity index (χ2v) is 10.1. The lowest BCUT2D eigenvalue weighted by Gasteiger charge is -2.34. The molecule has 8 nitrogen and oxygen atoms in total. The summed E-state index contributed by atoms with van der Waals surface area (Å²) in [6.07, 6.45) is -3.50. The number of carbonyl (C=O) groups is 1. The van der Waals surface area contributed by atoms with E-state index in [0.717, 1.165) is 6.07 Å². The van der Waals surface area contributed by atoms with E-state index in [1.807, 2.05) is 0 Å². The zero-order valence-electron chi connectivity index (χ0n) is 19.8. The van der Waals surface area contributed by atoms with Gasteiger partial charge in [0.15, 0.2) is 4.77 Å². The second kappa shape index (κ2) is 10.4. The molecule has 3 N–H and O–H groups in total. The van der Waals surface area contributed by atoms with Gasteiger partial charge in [-0.05, 0) is 62.8 Å². The number of nitrogens with one attached hydrogen (secondary N) is 2. The lowest BCUT2D eigenvalue weighted by molar-refractivity contribution is -0.138. The zero-order valence-corrected chi connectivity index (χ0v) is 22.2. The lowest BCUT2D eigenvalue weighted by Crippen LogP contribution is -2.45. The summed E-state index contributed by atoms with van der Waals surface area (Å²) in [5.41, 5.74) is -0.0775. The van der Waals surface area contributed by atoms with Gasteiger partial charge in [0.1, 0.15) is 5.82 Å². The van der Waals surface area contributed by atoms with E-state index < -0.39 is 29.8 Å².